The fourth-order valence-electron chi connectivity index (χ4n) is 2.27. The highest BCUT2D eigenvalue weighted by atomic mass is 19.1. The molecule has 0 amide bonds. The standard InChI is InChI=1S/C12H16FN/c1-12(2)10-5-4-9(13)7-8(10)3-6-11(12)14/h4-5,7,11H,3,6,14H2,1-2H3. The molecular weight excluding hydrogens is 177 g/mol. The zero-order valence-corrected chi connectivity index (χ0v) is 8.68. The summed E-state index contributed by atoms with van der Waals surface area (Å²) < 4.78 is 13.0. The average molecular weight is 193 g/mol. The quantitative estimate of drug-likeness (QED) is 0.672. The summed E-state index contributed by atoms with van der Waals surface area (Å²) >= 11 is 0. The predicted molar refractivity (Wildman–Crippen MR) is 55.7 cm³/mol. The maximum Gasteiger partial charge on any atom is 0.123 e. The monoisotopic (exact) mass is 193 g/mol. The molecule has 1 unspecified atom stereocenters. The molecular formula is C12H16FN. The van der Waals surface area contributed by atoms with Gasteiger partial charge in [0.25, 0.3) is 0 Å². The minimum absolute atomic E-state index is 0.0265. The molecule has 1 aromatic rings. The minimum Gasteiger partial charge on any atom is -0.327 e. The van der Waals surface area contributed by atoms with Gasteiger partial charge in [-0.3, -0.25) is 0 Å². The van der Waals surface area contributed by atoms with E-state index < -0.39 is 0 Å². The lowest BCUT2D eigenvalue weighted by molar-refractivity contribution is 0.363. The molecule has 14 heavy (non-hydrogen) atoms. The molecule has 0 aromatic heterocycles. The van der Waals surface area contributed by atoms with Crippen LogP contribution in [0.3, 0.4) is 0 Å². The largest absolute Gasteiger partial charge is 0.327 e. The lowest BCUT2D eigenvalue weighted by atomic mass is 9.70. The summed E-state index contributed by atoms with van der Waals surface area (Å²) in [7, 11) is 0. The Morgan fingerprint density at radius 1 is 1.43 bits per heavy atom. The van der Waals surface area contributed by atoms with Crippen LogP contribution >= 0.6 is 0 Å². The van der Waals surface area contributed by atoms with E-state index in [0.717, 1.165) is 18.4 Å². The molecule has 0 saturated carbocycles. The third kappa shape index (κ3) is 1.34. The van der Waals surface area contributed by atoms with Crippen molar-refractivity contribution in [3.8, 4) is 0 Å². The molecule has 1 nitrogen and oxygen atoms in total. The normalized spacial score (nSPS) is 24.4. The molecule has 0 radical (unpaired) electrons. The number of benzene rings is 1. The molecule has 0 aliphatic heterocycles. The summed E-state index contributed by atoms with van der Waals surface area (Å²) in [6.07, 6.45) is 1.85. The molecule has 0 bridgehead atoms. The minimum atomic E-state index is -0.143. The van der Waals surface area contributed by atoms with Crippen LogP contribution < -0.4 is 5.73 Å². The van der Waals surface area contributed by atoms with Crippen molar-refractivity contribution >= 4 is 0 Å². The molecule has 1 aliphatic carbocycles. The van der Waals surface area contributed by atoms with Crippen LogP contribution in [0.1, 0.15) is 31.4 Å². The molecule has 0 fully saturated rings. The fraction of sp³-hybridized carbons (Fsp3) is 0.500. The van der Waals surface area contributed by atoms with Crippen LogP contribution in [-0.2, 0) is 11.8 Å². The van der Waals surface area contributed by atoms with Crippen molar-refractivity contribution in [3.05, 3.63) is 35.1 Å². The summed E-state index contributed by atoms with van der Waals surface area (Å²) in [5.74, 6) is -0.143. The Labute approximate surface area is 84.1 Å². The van der Waals surface area contributed by atoms with Gasteiger partial charge in [0.2, 0.25) is 0 Å². The van der Waals surface area contributed by atoms with Crippen LogP contribution in [0.25, 0.3) is 0 Å². The van der Waals surface area contributed by atoms with Crippen LogP contribution in [0, 0.1) is 5.82 Å². The van der Waals surface area contributed by atoms with Crippen molar-refractivity contribution in [2.45, 2.75) is 38.1 Å². The first kappa shape index (κ1) is 9.66. The highest BCUT2D eigenvalue weighted by Crippen LogP contribution is 2.36. The van der Waals surface area contributed by atoms with Gasteiger partial charge in [-0.05, 0) is 36.1 Å². The Balaban J connectivity index is 2.53. The number of hydrogen-bond donors (Lipinski definition) is 1. The van der Waals surface area contributed by atoms with Crippen molar-refractivity contribution in [2.75, 3.05) is 0 Å². The Morgan fingerprint density at radius 3 is 2.86 bits per heavy atom. The average Bonchev–Trinajstić information content (AvgIpc) is 2.12. The van der Waals surface area contributed by atoms with Gasteiger partial charge in [0, 0.05) is 11.5 Å². The molecule has 1 aromatic carbocycles. The molecule has 2 N–H and O–H groups in total. The van der Waals surface area contributed by atoms with E-state index in [9.17, 15) is 4.39 Å². The molecule has 2 heteroatoms. The van der Waals surface area contributed by atoms with Crippen LogP contribution in [0.15, 0.2) is 18.2 Å². The van der Waals surface area contributed by atoms with Gasteiger partial charge in [-0.25, -0.2) is 4.39 Å². The lowest BCUT2D eigenvalue weighted by Crippen LogP contribution is -2.44. The first-order valence-electron chi connectivity index (χ1n) is 5.06. The Kier molecular flexibility index (Phi) is 2.11. The third-order valence-electron chi connectivity index (χ3n) is 3.41. The summed E-state index contributed by atoms with van der Waals surface area (Å²) in [6.45, 7) is 4.27. The molecule has 1 atom stereocenters. The summed E-state index contributed by atoms with van der Waals surface area (Å²) in [6, 6.07) is 5.23. The Morgan fingerprint density at radius 2 is 2.14 bits per heavy atom. The first-order valence-corrected chi connectivity index (χ1v) is 5.06. The summed E-state index contributed by atoms with van der Waals surface area (Å²) in [5.41, 5.74) is 8.37. The lowest BCUT2D eigenvalue weighted by Gasteiger charge is -2.38. The van der Waals surface area contributed by atoms with Gasteiger partial charge in [-0.15, -0.1) is 0 Å². The summed E-state index contributed by atoms with van der Waals surface area (Å²) in [4.78, 5) is 0. The number of halogens is 1. The number of nitrogens with two attached hydrogens (primary N) is 1. The van der Waals surface area contributed by atoms with Gasteiger partial charge in [0.1, 0.15) is 5.82 Å². The second kappa shape index (κ2) is 3.06. The van der Waals surface area contributed by atoms with Crippen LogP contribution in [0.4, 0.5) is 4.39 Å². The van der Waals surface area contributed by atoms with Crippen LogP contribution in [0.2, 0.25) is 0 Å². The topological polar surface area (TPSA) is 26.0 Å². The van der Waals surface area contributed by atoms with Gasteiger partial charge >= 0.3 is 0 Å². The van der Waals surface area contributed by atoms with Crippen molar-refractivity contribution in [1.29, 1.82) is 0 Å². The first-order chi connectivity index (χ1) is 6.51. The summed E-state index contributed by atoms with van der Waals surface area (Å²) in [5, 5.41) is 0. The van der Waals surface area contributed by atoms with Crippen molar-refractivity contribution in [2.24, 2.45) is 5.73 Å². The zero-order chi connectivity index (χ0) is 10.3. The van der Waals surface area contributed by atoms with Crippen LogP contribution in [0.5, 0.6) is 0 Å². The smallest absolute Gasteiger partial charge is 0.123 e. The highest BCUT2D eigenvalue weighted by Gasteiger charge is 2.33. The van der Waals surface area contributed by atoms with Crippen molar-refractivity contribution in [1.82, 2.24) is 0 Å². The van der Waals surface area contributed by atoms with Crippen LogP contribution in [-0.4, -0.2) is 6.04 Å². The van der Waals surface area contributed by atoms with E-state index in [4.69, 9.17) is 5.73 Å². The molecule has 0 heterocycles. The van der Waals surface area contributed by atoms with Gasteiger partial charge in [-0.1, -0.05) is 19.9 Å². The van der Waals surface area contributed by atoms with E-state index in [1.165, 1.54) is 11.6 Å². The SMILES string of the molecule is CC1(C)c2ccc(F)cc2CCC1N. The van der Waals surface area contributed by atoms with E-state index in [2.05, 4.69) is 13.8 Å². The van der Waals surface area contributed by atoms with Gasteiger partial charge in [0.05, 0.1) is 0 Å². The van der Waals surface area contributed by atoms with E-state index in [1.54, 1.807) is 6.07 Å². The highest BCUT2D eigenvalue weighted by molar-refractivity contribution is 5.37. The van der Waals surface area contributed by atoms with Crippen molar-refractivity contribution < 1.29 is 4.39 Å². The van der Waals surface area contributed by atoms with E-state index in [0.29, 0.717) is 0 Å². The second-order valence-electron chi connectivity index (χ2n) is 4.67. The third-order valence-corrected chi connectivity index (χ3v) is 3.41. The molecule has 2 rings (SSSR count). The van der Waals surface area contributed by atoms with E-state index in [-0.39, 0.29) is 17.3 Å². The number of aryl methyl sites for hydroxylation is 1. The maximum atomic E-state index is 13.0. The second-order valence-corrected chi connectivity index (χ2v) is 4.67. The number of hydrogen-bond acceptors (Lipinski definition) is 1. The fourth-order valence-corrected chi connectivity index (χ4v) is 2.27. The van der Waals surface area contributed by atoms with Gasteiger partial charge in [0.15, 0.2) is 0 Å². The Hall–Kier alpha value is -0.890. The Bertz CT molecular complexity index is 357. The number of rotatable bonds is 0. The zero-order valence-electron chi connectivity index (χ0n) is 8.68. The molecule has 0 saturated heterocycles. The molecule has 0 spiro atoms. The number of fused-ring (bicyclic) bond motifs is 1. The van der Waals surface area contributed by atoms with Gasteiger partial charge < -0.3 is 5.73 Å². The predicted octanol–water partition coefficient (Wildman–Crippen LogP) is 2.38. The maximum absolute atomic E-state index is 13.0. The van der Waals surface area contributed by atoms with Crippen molar-refractivity contribution in [3.63, 3.8) is 0 Å². The van der Waals surface area contributed by atoms with E-state index in [1.807, 2.05) is 6.07 Å². The molecule has 76 valence electrons. The van der Waals surface area contributed by atoms with E-state index >= 15 is 0 Å². The molecule has 1 aliphatic rings. The van der Waals surface area contributed by atoms with Gasteiger partial charge in [-0.2, -0.15) is 0 Å².